The first kappa shape index (κ1) is 12.8. The molecule has 0 aliphatic heterocycles. The van der Waals surface area contributed by atoms with Crippen molar-refractivity contribution < 1.29 is 18.3 Å². The van der Waals surface area contributed by atoms with Crippen molar-refractivity contribution >= 4 is 5.82 Å². The van der Waals surface area contributed by atoms with Crippen molar-refractivity contribution in [3.05, 3.63) is 23.9 Å². The van der Waals surface area contributed by atoms with Crippen LogP contribution in [0.2, 0.25) is 0 Å². The summed E-state index contributed by atoms with van der Waals surface area (Å²) in [4.78, 5) is 3.76. The van der Waals surface area contributed by atoms with Gasteiger partial charge in [0.05, 0.1) is 11.7 Å². The standard InChI is InChI=1S/C10H13F3N2O/c1-7(16)2-4-14-9-6-8(3-5-15-9)10(11,12)13/h3,5-7,16H,2,4H2,1H3,(H,14,15). The molecule has 0 fully saturated rings. The van der Waals surface area contributed by atoms with Gasteiger partial charge < -0.3 is 10.4 Å². The lowest BCUT2D eigenvalue weighted by Gasteiger charge is -2.10. The molecule has 0 aliphatic rings. The van der Waals surface area contributed by atoms with Gasteiger partial charge in [0, 0.05) is 12.7 Å². The molecule has 0 saturated heterocycles. The molecular formula is C10H13F3N2O. The molecule has 1 heterocycles. The highest BCUT2D eigenvalue weighted by Gasteiger charge is 2.30. The van der Waals surface area contributed by atoms with E-state index in [2.05, 4.69) is 10.3 Å². The average molecular weight is 234 g/mol. The molecule has 0 spiro atoms. The third kappa shape index (κ3) is 4.06. The molecule has 0 aromatic carbocycles. The van der Waals surface area contributed by atoms with Crippen molar-refractivity contribution in [2.75, 3.05) is 11.9 Å². The Morgan fingerprint density at radius 3 is 2.75 bits per heavy atom. The highest BCUT2D eigenvalue weighted by Crippen LogP contribution is 2.29. The summed E-state index contributed by atoms with van der Waals surface area (Å²) in [7, 11) is 0. The summed E-state index contributed by atoms with van der Waals surface area (Å²) in [5.74, 6) is 0.162. The fourth-order valence-corrected chi connectivity index (χ4v) is 1.11. The Bertz CT molecular complexity index is 339. The summed E-state index contributed by atoms with van der Waals surface area (Å²) < 4.78 is 37.0. The summed E-state index contributed by atoms with van der Waals surface area (Å²) >= 11 is 0. The number of aromatic nitrogens is 1. The van der Waals surface area contributed by atoms with E-state index in [-0.39, 0.29) is 5.82 Å². The van der Waals surface area contributed by atoms with Crippen molar-refractivity contribution in [3.63, 3.8) is 0 Å². The molecule has 2 N–H and O–H groups in total. The molecule has 1 unspecified atom stereocenters. The fourth-order valence-electron chi connectivity index (χ4n) is 1.11. The molecule has 0 saturated carbocycles. The summed E-state index contributed by atoms with van der Waals surface area (Å²) in [5, 5.41) is 11.7. The largest absolute Gasteiger partial charge is 0.416 e. The smallest absolute Gasteiger partial charge is 0.393 e. The Kier molecular flexibility index (Phi) is 4.12. The SMILES string of the molecule is CC(O)CCNc1cc(C(F)(F)F)ccn1. The molecule has 0 radical (unpaired) electrons. The Morgan fingerprint density at radius 2 is 2.19 bits per heavy atom. The van der Waals surface area contributed by atoms with Crippen LogP contribution in [-0.2, 0) is 6.18 Å². The van der Waals surface area contributed by atoms with E-state index in [0.29, 0.717) is 13.0 Å². The van der Waals surface area contributed by atoms with Crippen molar-refractivity contribution in [2.24, 2.45) is 0 Å². The molecule has 1 rings (SSSR count). The van der Waals surface area contributed by atoms with E-state index in [1.54, 1.807) is 6.92 Å². The molecule has 16 heavy (non-hydrogen) atoms. The van der Waals surface area contributed by atoms with Crippen LogP contribution in [0.4, 0.5) is 19.0 Å². The molecule has 1 aromatic rings. The van der Waals surface area contributed by atoms with Gasteiger partial charge in [-0.15, -0.1) is 0 Å². The van der Waals surface area contributed by atoms with E-state index in [1.165, 1.54) is 0 Å². The van der Waals surface area contributed by atoms with Crippen LogP contribution in [0.25, 0.3) is 0 Å². The van der Waals surface area contributed by atoms with Crippen molar-refractivity contribution in [1.82, 2.24) is 4.98 Å². The van der Waals surface area contributed by atoms with E-state index < -0.39 is 17.8 Å². The maximum absolute atomic E-state index is 12.3. The van der Waals surface area contributed by atoms with E-state index in [4.69, 9.17) is 5.11 Å². The van der Waals surface area contributed by atoms with Gasteiger partial charge in [0.2, 0.25) is 0 Å². The lowest BCUT2D eigenvalue weighted by Crippen LogP contribution is -2.12. The lowest BCUT2D eigenvalue weighted by molar-refractivity contribution is -0.137. The molecular weight excluding hydrogens is 221 g/mol. The minimum Gasteiger partial charge on any atom is -0.393 e. The number of nitrogens with one attached hydrogen (secondary N) is 1. The topological polar surface area (TPSA) is 45.1 Å². The van der Waals surface area contributed by atoms with Gasteiger partial charge in [-0.25, -0.2) is 4.98 Å². The van der Waals surface area contributed by atoms with Crippen LogP contribution in [0.3, 0.4) is 0 Å². The fraction of sp³-hybridized carbons (Fsp3) is 0.500. The average Bonchev–Trinajstić information content (AvgIpc) is 2.16. The van der Waals surface area contributed by atoms with E-state index >= 15 is 0 Å². The summed E-state index contributed by atoms with van der Waals surface area (Å²) in [5.41, 5.74) is -0.734. The number of rotatable bonds is 4. The number of aliphatic hydroxyl groups is 1. The number of alkyl halides is 3. The van der Waals surface area contributed by atoms with Crippen LogP contribution < -0.4 is 5.32 Å². The Balaban J connectivity index is 2.61. The van der Waals surface area contributed by atoms with Crippen LogP contribution in [0.15, 0.2) is 18.3 Å². The zero-order valence-electron chi connectivity index (χ0n) is 8.75. The molecule has 0 amide bonds. The van der Waals surface area contributed by atoms with Gasteiger partial charge in [-0.1, -0.05) is 0 Å². The first-order valence-electron chi connectivity index (χ1n) is 4.85. The Morgan fingerprint density at radius 1 is 1.50 bits per heavy atom. The van der Waals surface area contributed by atoms with Crippen LogP contribution >= 0.6 is 0 Å². The number of nitrogens with zero attached hydrogens (tertiary/aromatic N) is 1. The van der Waals surface area contributed by atoms with Crippen molar-refractivity contribution in [3.8, 4) is 0 Å². The van der Waals surface area contributed by atoms with Crippen LogP contribution in [0.1, 0.15) is 18.9 Å². The zero-order chi connectivity index (χ0) is 12.2. The molecule has 6 heteroatoms. The number of aliphatic hydroxyl groups excluding tert-OH is 1. The van der Waals surface area contributed by atoms with E-state index in [0.717, 1.165) is 18.3 Å². The van der Waals surface area contributed by atoms with Gasteiger partial charge in [0.15, 0.2) is 0 Å². The number of halogens is 3. The molecule has 1 aromatic heterocycles. The first-order valence-corrected chi connectivity index (χ1v) is 4.85. The molecule has 90 valence electrons. The van der Waals surface area contributed by atoms with Crippen LogP contribution in [0, 0.1) is 0 Å². The summed E-state index contributed by atoms with van der Waals surface area (Å²) in [6.07, 6.45) is -3.28. The van der Waals surface area contributed by atoms with Crippen molar-refractivity contribution in [2.45, 2.75) is 25.6 Å². The van der Waals surface area contributed by atoms with E-state index in [1.807, 2.05) is 0 Å². The minimum atomic E-state index is -4.36. The molecule has 0 aliphatic carbocycles. The highest BCUT2D eigenvalue weighted by molar-refractivity contribution is 5.38. The Hall–Kier alpha value is -1.30. The third-order valence-electron chi connectivity index (χ3n) is 1.96. The number of hydrogen-bond acceptors (Lipinski definition) is 3. The first-order chi connectivity index (χ1) is 7.39. The normalized spacial score (nSPS) is 13.6. The van der Waals surface area contributed by atoms with Gasteiger partial charge in [-0.3, -0.25) is 0 Å². The second kappa shape index (κ2) is 5.16. The lowest BCUT2D eigenvalue weighted by atomic mass is 10.2. The maximum atomic E-state index is 12.3. The predicted molar refractivity (Wildman–Crippen MR) is 54.0 cm³/mol. The van der Waals surface area contributed by atoms with Gasteiger partial charge >= 0.3 is 6.18 Å². The van der Waals surface area contributed by atoms with Crippen LogP contribution in [-0.4, -0.2) is 22.7 Å². The zero-order valence-corrected chi connectivity index (χ0v) is 8.75. The van der Waals surface area contributed by atoms with Gasteiger partial charge in [0.25, 0.3) is 0 Å². The maximum Gasteiger partial charge on any atom is 0.416 e. The quantitative estimate of drug-likeness (QED) is 0.840. The van der Waals surface area contributed by atoms with Gasteiger partial charge in [-0.2, -0.15) is 13.2 Å². The van der Waals surface area contributed by atoms with Gasteiger partial charge in [-0.05, 0) is 25.5 Å². The Labute approximate surface area is 91.3 Å². The highest BCUT2D eigenvalue weighted by atomic mass is 19.4. The van der Waals surface area contributed by atoms with Gasteiger partial charge in [0.1, 0.15) is 5.82 Å². The number of pyridine rings is 1. The van der Waals surface area contributed by atoms with E-state index in [9.17, 15) is 13.2 Å². The predicted octanol–water partition coefficient (Wildman–Crippen LogP) is 2.28. The summed E-state index contributed by atoms with van der Waals surface area (Å²) in [6, 6.07) is 1.86. The number of hydrogen-bond donors (Lipinski definition) is 2. The number of anilines is 1. The molecule has 0 bridgehead atoms. The summed E-state index contributed by atoms with van der Waals surface area (Å²) in [6.45, 7) is 1.99. The molecule has 1 atom stereocenters. The van der Waals surface area contributed by atoms with Crippen molar-refractivity contribution in [1.29, 1.82) is 0 Å². The molecule has 3 nitrogen and oxygen atoms in total. The second-order valence-electron chi connectivity index (χ2n) is 3.49. The monoisotopic (exact) mass is 234 g/mol. The minimum absolute atomic E-state index is 0.162. The third-order valence-corrected chi connectivity index (χ3v) is 1.96. The van der Waals surface area contributed by atoms with Crippen LogP contribution in [0.5, 0.6) is 0 Å². The second-order valence-corrected chi connectivity index (χ2v) is 3.49.